The van der Waals surface area contributed by atoms with Crippen molar-refractivity contribution in [2.45, 2.75) is 0 Å². The zero-order valence-corrected chi connectivity index (χ0v) is 14.2. The molecule has 5 nitrogen and oxygen atoms in total. The highest BCUT2D eigenvalue weighted by molar-refractivity contribution is 9.10. The summed E-state index contributed by atoms with van der Waals surface area (Å²) in [6.45, 7) is 1.73. The summed E-state index contributed by atoms with van der Waals surface area (Å²) >= 11 is 3.36. The fourth-order valence-corrected chi connectivity index (χ4v) is 2.08. The lowest BCUT2D eigenvalue weighted by molar-refractivity contribution is 0.102. The number of nitrogens with one attached hydrogen (secondary N) is 2. The Morgan fingerprint density at radius 2 is 1.91 bits per heavy atom. The Morgan fingerprint density at radius 3 is 2.59 bits per heavy atom. The molecule has 2 rings (SSSR count). The molecule has 2 aromatic rings. The third-order valence-electron chi connectivity index (χ3n) is 2.98. The molecule has 116 valence electrons. The Hall–Kier alpha value is -1.92. The summed E-state index contributed by atoms with van der Waals surface area (Å²) in [5.74, 6) is -0.224. The Kier molecular flexibility index (Phi) is 5.91. The molecule has 0 saturated carbocycles. The number of hydrogen-bond donors (Lipinski definition) is 2. The summed E-state index contributed by atoms with van der Waals surface area (Å²) in [5.41, 5.74) is 2.01. The number of anilines is 2. The van der Waals surface area contributed by atoms with Crippen molar-refractivity contribution in [1.29, 1.82) is 0 Å². The van der Waals surface area contributed by atoms with Gasteiger partial charge in [-0.05, 0) is 50.5 Å². The van der Waals surface area contributed by atoms with Gasteiger partial charge in [-0.1, -0.05) is 15.9 Å². The highest BCUT2D eigenvalue weighted by atomic mass is 79.9. The number of pyridine rings is 1. The molecule has 0 aliphatic rings. The zero-order chi connectivity index (χ0) is 15.9. The largest absolute Gasteiger partial charge is 0.384 e. The van der Waals surface area contributed by atoms with Crippen LogP contribution in [-0.2, 0) is 0 Å². The molecular formula is C16H19BrN4O. The maximum Gasteiger partial charge on any atom is 0.274 e. The standard InChI is InChI=1S/C16H19BrN4O/c1-21(2)10-9-18-14-7-8-19-15(11-14)16(22)20-13-5-3-12(17)4-6-13/h3-8,11H,9-10H2,1-2H3,(H,18,19)(H,20,22). The van der Waals surface area contributed by atoms with Crippen LogP contribution in [0.25, 0.3) is 0 Å². The van der Waals surface area contributed by atoms with Crippen molar-refractivity contribution >= 4 is 33.2 Å². The van der Waals surface area contributed by atoms with Gasteiger partial charge in [0, 0.05) is 35.1 Å². The molecule has 6 heteroatoms. The van der Waals surface area contributed by atoms with E-state index in [0.717, 1.165) is 28.9 Å². The number of carbonyl (C=O) groups is 1. The minimum atomic E-state index is -0.224. The van der Waals surface area contributed by atoms with E-state index >= 15 is 0 Å². The quantitative estimate of drug-likeness (QED) is 0.828. The van der Waals surface area contributed by atoms with E-state index < -0.39 is 0 Å². The number of rotatable bonds is 6. The summed E-state index contributed by atoms with van der Waals surface area (Å²) in [5, 5.41) is 6.10. The number of halogens is 1. The molecule has 0 spiro atoms. The van der Waals surface area contributed by atoms with Crippen molar-refractivity contribution in [3.63, 3.8) is 0 Å². The van der Waals surface area contributed by atoms with Gasteiger partial charge >= 0.3 is 0 Å². The van der Waals surface area contributed by atoms with E-state index in [1.807, 2.05) is 44.4 Å². The second-order valence-corrected chi connectivity index (χ2v) is 6.04. The van der Waals surface area contributed by atoms with Crippen LogP contribution in [-0.4, -0.2) is 43.0 Å². The van der Waals surface area contributed by atoms with Crippen LogP contribution in [0.2, 0.25) is 0 Å². The van der Waals surface area contributed by atoms with Gasteiger partial charge < -0.3 is 15.5 Å². The van der Waals surface area contributed by atoms with Crippen LogP contribution in [0, 0.1) is 0 Å². The molecule has 1 aromatic carbocycles. The van der Waals surface area contributed by atoms with E-state index in [2.05, 4.69) is 36.4 Å². The second kappa shape index (κ2) is 7.91. The minimum Gasteiger partial charge on any atom is -0.384 e. The first-order valence-electron chi connectivity index (χ1n) is 6.96. The monoisotopic (exact) mass is 362 g/mol. The molecule has 1 aromatic heterocycles. The average Bonchev–Trinajstić information content (AvgIpc) is 2.49. The van der Waals surface area contributed by atoms with Gasteiger partial charge in [-0.15, -0.1) is 0 Å². The molecule has 0 bridgehead atoms. The third kappa shape index (κ3) is 5.13. The molecule has 0 unspecified atom stereocenters. The maximum absolute atomic E-state index is 12.2. The summed E-state index contributed by atoms with van der Waals surface area (Å²) in [6.07, 6.45) is 1.63. The van der Waals surface area contributed by atoms with Crippen LogP contribution in [0.4, 0.5) is 11.4 Å². The minimum absolute atomic E-state index is 0.224. The van der Waals surface area contributed by atoms with Gasteiger partial charge in [0.1, 0.15) is 5.69 Å². The number of benzene rings is 1. The second-order valence-electron chi connectivity index (χ2n) is 5.12. The Bertz CT molecular complexity index is 628. The molecule has 1 amide bonds. The highest BCUT2D eigenvalue weighted by Gasteiger charge is 2.08. The van der Waals surface area contributed by atoms with Crippen molar-refractivity contribution in [2.24, 2.45) is 0 Å². The predicted octanol–water partition coefficient (Wildman–Crippen LogP) is 3.07. The molecule has 0 fully saturated rings. The van der Waals surface area contributed by atoms with E-state index in [-0.39, 0.29) is 5.91 Å². The van der Waals surface area contributed by atoms with Gasteiger partial charge in [0.05, 0.1) is 0 Å². The lowest BCUT2D eigenvalue weighted by Gasteiger charge is -2.12. The van der Waals surface area contributed by atoms with Crippen LogP contribution in [0.3, 0.4) is 0 Å². The van der Waals surface area contributed by atoms with E-state index in [9.17, 15) is 4.79 Å². The van der Waals surface area contributed by atoms with Gasteiger partial charge in [-0.3, -0.25) is 9.78 Å². The lowest BCUT2D eigenvalue weighted by atomic mass is 10.2. The third-order valence-corrected chi connectivity index (χ3v) is 3.51. The van der Waals surface area contributed by atoms with Crippen molar-refractivity contribution in [2.75, 3.05) is 37.8 Å². The van der Waals surface area contributed by atoms with E-state index in [4.69, 9.17) is 0 Å². The first kappa shape index (κ1) is 16.5. The maximum atomic E-state index is 12.2. The van der Waals surface area contributed by atoms with E-state index in [1.165, 1.54) is 0 Å². The summed E-state index contributed by atoms with van der Waals surface area (Å²) < 4.78 is 0.968. The Labute approximate surface area is 138 Å². The molecular weight excluding hydrogens is 344 g/mol. The SMILES string of the molecule is CN(C)CCNc1ccnc(C(=O)Nc2ccc(Br)cc2)c1. The first-order valence-corrected chi connectivity index (χ1v) is 7.75. The van der Waals surface area contributed by atoms with Crippen LogP contribution in [0.5, 0.6) is 0 Å². The van der Waals surface area contributed by atoms with E-state index in [0.29, 0.717) is 5.69 Å². The van der Waals surface area contributed by atoms with Gasteiger partial charge in [-0.25, -0.2) is 0 Å². The average molecular weight is 363 g/mol. The van der Waals surface area contributed by atoms with Crippen molar-refractivity contribution < 1.29 is 4.79 Å². The summed E-state index contributed by atoms with van der Waals surface area (Å²) in [4.78, 5) is 18.4. The number of aromatic nitrogens is 1. The molecule has 2 N–H and O–H groups in total. The molecule has 1 heterocycles. The topological polar surface area (TPSA) is 57.3 Å². The Balaban J connectivity index is 1.99. The molecule has 0 aliphatic carbocycles. The highest BCUT2D eigenvalue weighted by Crippen LogP contribution is 2.15. The van der Waals surface area contributed by atoms with Gasteiger partial charge in [-0.2, -0.15) is 0 Å². The summed E-state index contributed by atoms with van der Waals surface area (Å²) in [7, 11) is 4.04. The lowest BCUT2D eigenvalue weighted by Crippen LogP contribution is -2.21. The fraction of sp³-hybridized carbons (Fsp3) is 0.250. The van der Waals surface area contributed by atoms with Crippen LogP contribution in [0.1, 0.15) is 10.5 Å². The van der Waals surface area contributed by atoms with Crippen molar-refractivity contribution in [3.8, 4) is 0 Å². The van der Waals surface area contributed by atoms with Crippen molar-refractivity contribution in [1.82, 2.24) is 9.88 Å². The van der Waals surface area contributed by atoms with E-state index in [1.54, 1.807) is 12.3 Å². The number of carbonyl (C=O) groups excluding carboxylic acids is 1. The smallest absolute Gasteiger partial charge is 0.274 e. The fourth-order valence-electron chi connectivity index (χ4n) is 1.82. The number of amides is 1. The van der Waals surface area contributed by atoms with Crippen molar-refractivity contribution in [3.05, 3.63) is 52.8 Å². The number of likely N-dealkylation sites (N-methyl/N-ethyl adjacent to an activating group) is 1. The molecule has 0 aliphatic heterocycles. The van der Waals surface area contributed by atoms with Crippen LogP contribution >= 0.6 is 15.9 Å². The number of hydrogen-bond acceptors (Lipinski definition) is 4. The molecule has 0 radical (unpaired) electrons. The normalized spacial score (nSPS) is 10.5. The predicted molar refractivity (Wildman–Crippen MR) is 93.4 cm³/mol. The summed E-state index contributed by atoms with van der Waals surface area (Å²) in [6, 6.07) is 11.0. The van der Waals surface area contributed by atoms with Gasteiger partial charge in [0.2, 0.25) is 0 Å². The first-order chi connectivity index (χ1) is 10.5. The Morgan fingerprint density at radius 1 is 1.18 bits per heavy atom. The zero-order valence-electron chi connectivity index (χ0n) is 12.6. The van der Waals surface area contributed by atoms with Gasteiger partial charge in [0.15, 0.2) is 0 Å². The molecule has 22 heavy (non-hydrogen) atoms. The van der Waals surface area contributed by atoms with Gasteiger partial charge in [0.25, 0.3) is 5.91 Å². The van der Waals surface area contributed by atoms with Crippen LogP contribution < -0.4 is 10.6 Å². The van der Waals surface area contributed by atoms with Crippen LogP contribution in [0.15, 0.2) is 47.1 Å². The number of nitrogens with zero attached hydrogens (tertiary/aromatic N) is 2. The molecule has 0 atom stereocenters. The molecule has 0 saturated heterocycles.